The number of ether oxygens (including phenoxy) is 6. The van der Waals surface area contributed by atoms with Gasteiger partial charge < -0.3 is 43.5 Å². The predicted molar refractivity (Wildman–Crippen MR) is 188 cm³/mol. The Morgan fingerprint density at radius 1 is 1.04 bits per heavy atom. The van der Waals surface area contributed by atoms with Crippen molar-refractivity contribution in [2.24, 2.45) is 23.7 Å². The maximum absolute atomic E-state index is 14.0. The Labute approximate surface area is 303 Å². The Balaban J connectivity index is 2.20. The highest BCUT2D eigenvalue weighted by atomic mass is 16.7. The molecule has 3 rings (SSSR count). The van der Waals surface area contributed by atoms with E-state index >= 15 is 0 Å². The van der Waals surface area contributed by atoms with Crippen molar-refractivity contribution in [3.05, 3.63) is 30.1 Å². The number of pyridine rings is 1. The number of hydrogen-bond donors (Lipinski definition) is 2. The van der Waals surface area contributed by atoms with Crippen LogP contribution >= 0.6 is 0 Å². The summed E-state index contributed by atoms with van der Waals surface area (Å²) in [6.45, 7) is 13.6. The first kappa shape index (κ1) is 42.9. The minimum Gasteiger partial charge on any atom is -0.461 e. The van der Waals surface area contributed by atoms with Gasteiger partial charge in [0.05, 0.1) is 36.3 Å². The number of hydrogen-bond acceptors (Lipinski definition) is 13. The summed E-state index contributed by atoms with van der Waals surface area (Å²) in [5.74, 6) is -5.15. The monoisotopic (exact) mass is 722 g/mol. The molecular formula is C38H62N2O11. The first-order chi connectivity index (χ1) is 23.8. The van der Waals surface area contributed by atoms with Gasteiger partial charge in [-0.15, -0.1) is 0 Å². The summed E-state index contributed by atoms with van der Waals surface area (Å²) >= 11 is 0. The quantitative estimate of drug-likeness (QED) is 0.357. The van der Waals surface area contributed by atoms with E-state index in [2.05, 4.69) is 9.88 Å². The van der Waals surface area contributed by atoms with E-state index in [-0.39, 0.29) is 37.2 Å². The van der Waals surface area contributed by atoms with Crippen LogP contribution in [0.15, 0.2) is 24.5 Å². The van der Waals surface area contributed by atoms with Crippen LogP contribution in [0.1, 0.15) is 80.2 Å². The molecule has 290 valence electrons. The predicted octanol–water partition coefficient (Wildman–Crippen LogP) is 3.36. The normalized spacial score (nSPS) is 40.4. The van der Waals surface area contributed by atoms with Crippen LogP contribution < -0.4 is 0 Å². The van der Waals surface area contributed by atoms with Crippen molar-refractivity contribution < 1.29 is 53.0 Å². The zero-order chi connectivity index (χ0) is 38.4. The minimum atomic E-state index is -1.97. The Kier molecular flexibility index (Phi) is 15.1. The molecule has 0 bridgehead atoms. The second kappa shape index (κ2) is 18.0. The van der Waals surface area contributed by atoms with Crippen LogP contribution in [-0.2, 0) is 49.2 Å². The fourth-order valence-electron chi connectivity index (χ4n) is 7.89. The fourth-order valence-corrected chi connectivity index (χ4v) is 7.89. The maximum Gasteiger partial charge on any atom is 0.312 e. The Morgan fingerprint density at radius 3 is 2.22 bits per heavy atom. The number of esters is 2. The lowest BCUT2D eigenvalue weighted by atomic mass is 9.74. The van der Waals surface area contributed by atoms with Gasteiger partial charge in [-0.05, 0) is 78.7 Å². The van der Waals surface area contributed by atoms with Gasteiger partial charge in [-0.1, -0.05) is 27.7 Å². The molecule has 51 heavy (non-hydrogen) atoms. The molecule has 2 aliphatic rings. The molecule has 14 atom stereocenters. The molecule has 0 spiro atoms. The molecule has 3 heterocycles. The lowest BCUT2D eigenvalue weighted by Gasteiger charge is -2.49. The van der Waals surface area contributed by atoms with Crippen molar-refractivity contribution in [1.29, 1.82) is 0 Å². The topological polar surface area (TPSA) is 163 Å². The number of methoxy groups -OCH3 is 2. The number of carbonyl (C=O) groups excluding carboxylic acids is 3. The molecule has 13 nitrogen and oxygen atoms in total. The van der Waals surface area contributed by atoms with Gasteiger partial charge in [0.2, 0.25) is 0 Å². The average Bonchev–Trinajstić information content (AvgIpc) is 3.09. The summed E-state index contributed by atoms with van der Waals surface area (Å²) in [5.41, 5.74) is -2.52. The van der Waals surface area contributed by atoms with E-state index in [4.69, 9.17) is 28.4 Å². The number of aliphatic hydroxyl groups excluding tert-OH is 1. The van der Waals surface area contributed by atoms with Crippen molar-refractivity contribution in [2.45, 2.75) is 141 Å². The number of nitrogens with zero attached hydrogens (tertiary/aromatic N) is 2. The molecule has 1 aromatic heterocycles. The van der Waals surface area contributed by atoms with Crippen LogP contribution in [0.5, 0.6) is 0 Å². The number of aliphatic hydroxyl groups is 2. The standard InChI is InChI=1S/C38H62N2O11/c1-13-28-38(8,45)33(43)23(4)30(42)21(2)20-37(7,47-12)34(51-36-32(46-11)27(40(9)10)18-22(3)48-36)24(5)31(25(6)35(44)49-28)50-29(41)19-26-14-16-39-17-15-26/h14-17,21-25,27-28,31-34,36,43,45H,13,18-20H2,1-12H3/t21-,22-,23+,24+,25-,27+,28-,31+,32-,33-,34-,36+,37+,38-/m1/s1. The van der Waals surface area contributed by atoms with Gasteiger partial charge in [-0.3, -0.25) is 19.4 Å². The van der Waals surface area contributed by atoms with E-state index in [1.54, 1.807) is 59.3 Å². The van der Waals surface area contributed by atoms with Gasteiger partial charge in [0.1, 0.15) is 29.7 Å². The number of ketones is 1. The fraction of sp³-hybridized carbons (Fsp3) is 0.789. The molecule has 1 aromatic rings. The number of carbonyl (C=O) groups is 3. The second-order valence-corrected chi connectivity index (χ2v) is 15.3. The zero-order valence-electron chi connectivity index (χ0n) is 32.5. The largest absolute Gasteiger partial charge is 0.461 e. The van der Waals surface area contributed by atoms with Crippen molar-refractivity contribution in [2.75, 3.05) is 28.3 Å². The van der Waals surface area contributed by atoms with E-state index in [1.807, 2.05) is 34.9 Å². The van der Waals surface area contributed by atoms with E-state index in [9.17, 15) is 24.6 Å². The van der Waals surface area contributed by atoms with E-state index < -0.39 is 83.6 Å². The number of rotatable bonds is 9. The Bertz CT molecular complexity index is 1300. The van der Waals surface area contributed by atoms with E-state index in [1.165, 1.54) is 14.0 Å². The van der Waals surface area contributed by atoms with Crippen molar-refractivity contribution in [1.82, 2.24) is 9.88 Å². The summed E-state index contributed by atoms with van der Waals surface area (Å²) in [6.07, 6.45) is -2.35. The summed E-state index contributed by atoms with van der Waals surface area (Å²) in [5, 5.41) is 23.0. The number of likely N-dealkylation sites (N-methyl/N-ethyl adjacent to an activating group) is 1. The molecular weight excluding hydrogens is 660 g/mol. The van der Waals surface area contributed by atoms with Crippen LogP contribution in [-0.4, -0.2) is 126 Å². The third kappa shape index (κ3) is 9.92. The average molecular weight is 723 g/mol. The Hall–Kier alpha value is -2.52. The van der Waals surface area contributed by atoms with Crippen LogP contribution in [0.4, 0.5) is 0 Å². The smallest absolute Gasteiger partial charge is 0.312 e. The highest BCUT2D eigenvalue weighted by molar-refractivity contribution is 5.83. The summed E-state index contributed by atoms with van der Waals surface area (Å²) in [7, 11) is 7.04. The van der Waals surface area contributed by atoms with Gasteiger partial charge in [0.25, 0.3) is 0 Å². The van der Waals surface area contributed by atoms with Gasteiger partial charge in [0, 0.05) is 50.4 Å². The molecule has 0 radical (unpaired) electrons. The SMILES string of the molecule is CC[C@H]1OC(=O)[C@H](C)[C@@H](OC(=O)Cc2ccncc2)[C@H](C)[C@@H](O[C@@H]2O[C@H](C)C[C@H](N(C)C)[C@H]2OC)[C@@](C)(OC)C[C@@H](C)C(=O)[C@H](C)[C@@H](O)[C@]1(C)O. The summed E-state index contributed by atoms with van der Waals surface area (Å²) < 4.78 is 37.6. The third-order valence-corrected chi connectivity index (χ3v) is 11.1. The highest BCUT2D eigenvalue weighted by Crippen LogP contribution is 2.40. The van der Waals surface area contributed by atoms with Crippen LogP contribution in [0.3, 0.4) is 0 Å². The van der Waals surface area contributed by atoms with Gasteiger partial charge in [-0.2, -0.15) is 0 Å². The maximum atomic E-state index is 14.0. The third-order valence-electron chi connectivity index (χ3n) is 11.1. The van der Waals surface area contributed by atoms with Gasteiger partial charge >= 0.3 is 11.9 Å². The van der Waals surface area contributed by atoms with Gasteiger partial charge in [-0.25, -0.2) is 0 Å². The number of Topliss-reactive ketones (excluding diaryl/α,β-unsaturated/α-hetero) is 1. The molecule has 0 unspecified atom stereocenters. The first-order valence-corrected chi connectivity index (χ1v) is 18.1. The molecule has 13 heteroatoms. The first-order valence-electron chi connectivity index (χ1n) is 18.1. The molecule has 2 saturated heterocycles. The van der Waals surface area contributed by atoms with E-state index in [0.29, 0.717) is 12.0 Å². The van der Waals surface area contributed by atoms with E-state index in [0.717, 1.165) is 0 Å². The molecule has 0 aromatic carbocycles. The Morgan fingerprint density at radius 2 is 1.67 bits per heavy atom. The molecule has 0 saturated carbocycles. The molecule has 2 fully saturated rings. The molecule has 2 N–H and O–H groups in total. The van der Waals surface area contributed by atoms with Crippen molar-refractivity contribution >= 4 is 17.7 Å². The summed E-state index contributed by atoms with van der Waals surface area (Å²) in [6, 6.07) is 3.35. The zero-order valence-corrected chi connectivity index (χ0v) is 32.5. The molecule has 0 aliphatic carbocycles. The molecule has 2 aliphatic heterocycles. The summed E-state index contributed by atoms with van der Waals surface area (Å²) in [4.78, 5) is 47.7. The lowest BCUT2D eigenvalue weighted by molar-refractivity contribution is -0.305. The van der Waals surface area contributed by atoms with Crippen molar-refractivity contribution in [3.63, 3.8) is 0 Å². The lowest BCUT2D eigenvalue weighted by Crippen LogP contribution is -2.61. The highest BCUT2D eigenvalue weighted by Gasteiger charge is 2.53. The van der Waals surface area contributed by atoms with Crippen LogP contribution in [0, 0.1) is 23.7 Å². The van der Waals surface area contributed by atoms with Crippen molar-refractivity contribution in [3.8, 4) is 0 Å². The number of cyclic esters (lactones) is 1. The second-order valence-electron chi connectivity index (χ2n) is 15.3. The van der Waals surface area contributed by atoms with Crippen LogP contribution in [0.25, 0.3) is 0 Å². The van der Waals surface area contributed by atoms with Gasteiger partial charge in [0.15, 0.2) is 6.29 Å². The minimum absolute atomic E-state index is 0.0594. The number of aromatic nitrogens is 1. The van der Waals surface area contributed by atoms with Crippen LogP contribution in [0.2, 0.25) is 0 Å². The molecule has 0 amide bonds.